The molecular formula is C17H26N2O. The van der Waals surface area contributed by atoms with Crippen molar-refractivity contribution in [2.45, 2.75) is 57.5 Å². The predicted octanol–water partition coefficient (Wildman–Crippen LogP) is 3.16. The number of benzene rings is 1. The lowest BCUT2D eigenvalue weighted by Crippen LogP contribution is -2.42. The molecule has 3 N–H and O–H groups in total. The van der Waals surface area contributed by atoms with Gasteiger partial charge in [-0.15, -0.1) is 0 Å². The summed E-state index contributed by atoms with van der Waals surface area (Å²) in [5.74, 6) is 0.539. The SMILES string of the molecule is C[C@H](NC(=O)[C@H](N)c1ccccc1)C1CCCCCC1. The van der Waals surface area contributed by atoms with Crippen LogP contribution in [0.2, 0.25) is 0 Å². The molecule has 1 amide bonds. The van der Waals surface area contributed by atoms with E-state index in [4.69, 9.17) is 5.73 Å². The van der Waals surface area contributed by atoms with Crippen LogP contribution in [0.25, 0.3) is 0 Å². The highest BCUT2D eigenvalue weighted by Gasteiger charge is 2.23. The van der Waals surface area contributed by atoms with E-state index >= 15 is 0 Å². The van der Waals surface area contributed by atoms with E-state index in [1.165, 1.54) is 38.5 Å². The molecule has 1 fully saturated rings. The first-order valence-corrected chi connectivity index (χ1v) is 7.79. The number of hydrogen-bond acceptors (Lipinski definition) is 2. The van der Waals surface area contributed by atoms with Crippen molar-refractivity contribution in [3.05, 3.63) is 35.9 Å². The normalized spacial score (nSPS) is 19.9. The van der Waals surface area contributed by atoms with E-state index in [0.717, 1.165) is 5.56 Å². The number of nitrogens with one attached hydrogen (secondary N) is 1. The summed E-state index contributed by atoms with van der Waals surface area (Å²) in [4.78, 5) is 12.2. The van der Waals surface area contributed by atoms with Gasteiger partial charge in [0.05, 0.1) is 0 Å². The van der Waals surface area contributed by atoms with Gasteiger partial charge in [0.1, 0.15) is 6.04 Å². The Morgan fingerprint density at radius 2 is 1.75 bits per heavy atom. The molecule has 2 atom stereocenters. The second kappa shape index (κ2) is 7.44. The highest BCUT2D eigenvalue weighted by molar-refractivity contribution is 5.83. The van der Waals surface area contributed by atoms with Crippen molar-refractivity contribution in [1.82, 2.24) is 5.32 Å². The Bertz CT molecular complexity index is 410. The first kappa shape index (κ1) is 15.0. The van der Waals surface area contributed by atoms with Gasteiger partial charge < -0.3 is 11.1 Å². The lowest BCUT2D eigenvalue weighted by atomic mass is 9.92. The summed E-state index contributed by atoms with van der Waals surface area (Å²) in [6.07, 6.45) is 7.69. The lowest BCUT2D eigenvalue weighted by Gasteiger charge is -2.25. The fourth-order valence-electron chi connectivity index (χ4n) is 3.05. The van der Waals surface area contributed by atoms with Crippen LogP contribution in [0.1, 0.15) is 57.1 Å². The smallest absolute Gasteiger partial charge is 0.241 e. The van der Waals surface area contributed by atoms with E-state index in [1.54, 1.807) is 0 Å². The van der Waals surface area contributed by atoms with Gasteiger partial charge in [-0.3, -0.25) is 4.79 Å². The van der Waals surface area contributed by atoms with Crippen LogP contribution in [0.15, 0.2) is 30.3 Å². The van der Waals surface area contributed by atoms with Crippen LogP contribution in [0.5, 0.6) is 0 Å². The molecule has 0 radical (unpaired) electrons. The molecule has 0 heterocycles. The molecule has 0 saturated heterocycles. The van der Waals surface area contributed by atoms with Crippen LogP contribution >= 0.6 is 0 Å². The van der Waals surface area contributed by atoms with Crippen molar-refractivity contribution in [2.75, 3.05) is 0 Å². The standard InChI is InChI=1S/C17H26N2O/c1-13(14-9-5-2-3-6-10-14)19-17(20)16(18)15-11-7-4-8-12-15/h4,7-8,11-14,16H,2-3,5-6,9-10,18H2,1H3,(H,19,20)/t13-,16+/m0/s1. The molecule has 0 aromatic heterocycles. The van der Waals surface area contributed by atoms with Crippen LogP contribution in [0.3, 0.4) is 0 Å². The van der Waals surface area contributed by atoms with Crippen molar-refractivity contribution in [3.63, 3.8) is 0 Å². The number of hydrogen-bond donors (Lipinski definition) is 2. The third-order valence-corrected chi connectivity index (χ3v) is 4.42. The van der Waals surface area contributed by atoms with Gasteiger partial charge in [-0.05, 0) is 31.2 Å². The number of carbonyl (C=O) groups excluding carboxylic acids is 1. The molecule has 3 nitrogen and oxygen atoms in total. The van der Waals surface area contributed by atoms with Crippen LogP contribution < -0.4 is 11.1 Å². The maximum absolute atomic E-state index is 12.2. The van der Waals surface area contributed by atoms with Gasteiger partial charge in [0, 0.05) is 6.04 Å². The summed E-state index contributed by atoms with van der Waals surface area (Å²) in [7, 11) is 0. The molecule has 0 aliphatic heterocycles. The molecule has 1 aliphatic rings. The number of carbonyl (C=O) groups is 1. The van der Waals surface area contributed by atoms with Crippen molar-refractivity contribution in [1.29, 1.82) is 0 Å². The number of amides is 1. The fraction of sp³-hybridized carbons (Fsp3) is 0.588. The minimum absolute atomic E-state index is 0.0621. The van der Waals surface area contributed by atoms with Crippen LogP contribution in [-0.4, -0.2) is 11.9 Å². The maximum Gasteiger partial charge on any atom is 0.241 e. The molecule has 2 rings (SSSR count). The first-order chi connectivity index (χ1) is 9.68. The maximum atomic E-state index is 12.2. The van der Waals surface area contributed by atoms with Gasteiger partial charge in [0.15, 0.2) is 0 Å². The van der Waals surface area contributed by atoms with E-state index in [-0.39, 0.29) is 11.9 Å². The van der Waals surface area contributed by atoms with Gasteiger partial charge in [0.2, 0.25) is 5.91 Å². The van der Waals surface area contributed by atoms with Gasteiger partial charge in [-0.2, -0.15) is 0 Å². The summed E-state index contributed by atoms with van der Waals surface area (Å²) in [5.41, 5.74) is 6.91. The van der Waals surface area contributed by atoms with Crippen molar-refractivity contribution in [2.24, 2.45) is 11.7 Å². The van der Waals surface area contributed by atoms with Crippen molar-refractivity contribution < 1.29 is 4.79 Å². The molecule has 0 spiro atoms. The highest BCUT2D eigenvalue weighted by atomic mass is 16.2. The topological polar surface area (TPSA) is 55.1 Å². The first-order valence-electron chi connectivity index (χ1n) is 7.79. The Labute approximate surface area is 121 Å². The Hall–Kier alpha value is -1.35. The van der Waals surface area contributed by atoms with E-state index < -0.39 is 6.04 Å². The summed E-state index contributed by atoms with van der Waals surface area (Å²) in [5, 5.41) is 3.11. The monoisotopic (exact) mass is 274 g/mol. The summed E-state index contributed by atoms with van der Waals surface area (Å²) in [6, 6.07) is 9.22. The molecule has 1 aromatic rings. The van der Waals surface area contributed by atoms with Gasteiger partial charge in [-0.25, -0.2) is 0 Å². The molecule has 0 bridgehead atoms. The molecule has 3 heteroatoms. The average molecular weight is 274 g/mol. The van der Waals surface area contributed by atoms with E-state index in [0.29, 0.717) is 5.92 Å². The Balaban J connectivity index is 1.89. The van der Waals surface area contributed by atoms with Crippen LogP contribution in [0.4, 0.5) is 0 Å². The van der Waals surface area contributed by atoms with Crippen molar-refractivity contribution >= 4 is 5.91 Å². The fourth-order valence-corrected chi connectivity index (χ4v) is 3.05. The number of nitrogens with two attached hydrogens (primary N) is 1. The van der Waals surface area contributed by atoms with Crippen LogP contribution in [-0.2, 0) is 4.79 Å². The predicted molar refractivity (Wildman–Crippen MR) is 82.2 cm³/mol. The second-order valence-electron chi connectivity index (χ2n) is 5.94. The van der Waals surface area contributed by atoms with E-state index in [1.807, 2.05) is 30.3 Å². The van der Waals surface area contributed by atoms with Gasteiger partial charge in [-0.1, -0.05) is 56.0 Å². The Morgan fingerprint density at radius 1 is 1.15 bits per heavy atom. The zero-order chi connectivity index (χ0) is 14.4. The molecular weight excluding hydrogens is 248 g/mol. The molecule has 20 heavy (non-hydrogen) atoms. The average Bonchev–Trinajstić information content (AvgIpc) is 2.76. The molecule has 110 valence electrons. The number of rotatable bonds is 4. The Kier molecular flexibility index (Phi) is 5.60. The third kappa shape index (κ3) is 4.07. The summed E-state index contributed by atoms with van der Waals surface area (Å²) < 4.78 is 0. The van der Waals surface area contributed by atoms with Gasteiger partial charge >= 0.3 is 0 Å². The van der Waals surface area contributed by atoms with E-state index in [9.17, 15) is 4.79 Å². The minimum Gasteiger partial charge on any atom is -0.352 e. The Morgan fingerprint density at radius 3 is 2.35 bits per heavy atom. The molecule has 1 aromatic carbocycles. The van der Waals surface area contributed by atoms with Crippen molar-refractivity contribution in [3.8, 4) is 0 Å². The zero-order valence-corrected chi connectivity index (χ0v) is 12.3. The van der Waals surface area contributed by atoms with Gasteiger partial charge in [0.25, 0.3) is 0 Å². The third-order valence-electron chi connectivity index (χ3n) is 4.42. The summed E-state index contributed by atoms with van der Waals surface area (Å²) in [6.45, 7) is 2.12. The quantitative estimate of drug-likeness (QED) is 0.829. The zero-order valence-electron chi connectivity index (χ0n) is 12.3. The highest BCUT2D eigenvalue weighted by Crippen LogP contribution is 2.25. The largest absolute Gasteiger partial charge is 0.352 e. The molecule has 0 unspecified atom stereocenters. The lowest BCUT2D eigenvalue weighted by molar-refractivity contribution is -0.123. The van der Waals surface area contributed by atoms with E-state index in [2.05, 4.69) is 12.2 Å². The second-order valence-corrected chi connectivity index (χ2v) is 5.94. The molecule has 1 aliphatic carbocycles. The summed E-state index contributed by atoms with van der Waals surface area (Å²) >= 11 is 0. The minimum atomic E-state index is -0.565. The molecule has 1 saturated carbocycles. The van der Waals surface area contributed by atoms with Crippen LogP contribution in [0, 0.1) is 5.92 Å².